The van der Waals surface area contributed by atoms with Crippen LogP contribution in [0.15, 0.2) is 70.4 Å². The van der Waals surface area contributed by atoms with E-state index in [1.54, 1.807) is 6.20 Å². The minimum Gasteiger partial charge on any atom is -0.358 e. The molecule has 0 saturated carbocycles. The summed E-state index contributed by atoms with van der Waals surface area (Å²) in [5.74, 6) is 0. The van der Waals surface area contributed by atoms with Crippen molar-refractivity contribution in [3.63, 3.8) is 0 Å². The predicted octanol–water partition coefficient (Wildman–Crippen LogP) is 4.35. The highest BCUT2D eigenvalue weighted by Crippen LogP contribution is 2.32. The van der Waals surface area contributed by atoms with Gasteiger partial charge >= 0.3 is 0 Å². The van der Waals surface area contributed by atoms with Gasteiger partial charge in [-0.05, 0) is 61.1 Å². The molecular weight excluding hydrogens is 348 g/mol. The fourth-order valence-corrected chi connectivity index (χ4v) is 3.60. The third-order valence-electron chi connectivity index (χ3n) is 5.18. The number of nitrogens with one attached hydrogen (secondary N) is 1. The Kier molecular flexibility index (Phi) is 4.50. The highest BCUT2D eigenvalue weighted by molar-refractivity contribution is 5.92. The Morgan fingerprint density at radius 3 is 2.82 bits per heavy atom. The Labute approximate surface area is 164 Å². The van der Waals surface area contributed by atoms with Crippen LogP contribution in [0.2, 0.25) is 0 Å². The van der Waals surface area contributed by atoms with Gasteiger partial charge < -0.3 is 9.84 Å². The van der Waals surface area contributed by atoms with Gasteiger partial charge in [0.25, 0.3) is 0 Å². The molecule has 0 radical (unpaired) electrons. The van der Waals surface area contributed by atoms with Gasteiger partial charge in [0.1, 0.15) is 11.8 Å². The zero-order valence-electron chi connectivity index (χ0n) is 16.0. The van der Waals surface area contributed by atoms with Crippen molar-refractivity contribution in [3.8, 4) is 17.3 Å². The molecule has 5 nitrogen and oxygen atoms in total. The van der Waals surface area contributed by atoms with Crippen LogP contribution in [0.25, 0.3) is 22.2 Å². The van der Waals surface area contributed by atoms with E-state index in [9.17, 15) is 5.26 Å². The van der Waals surface area contributed by atoms with Gasteiger partial charge in [0.05, 0.1) is 0 Å². The van der Waals surface area contributed by atoms with Crippen molar-refractivity contribution in [2.45, 2.75) is 32.4 Å². The van der Waals surface area contributed by atoms with Crippen LogP contribution in [0, 0.1) is 18.3 Å². The maximum atomic E-state index is 9.52. The summed E-state index contributed by atoms with van der Waals surface area (Å²) < 4.78 is 5.56. The van der Waals surface area contributed by atoms with E-state index >= 15 is 0 Å². The van der Waals surface area contributed by atoms with E-state index in [0.717, 1.165) is 50.9 Å². The molecule has 1 atom stereocenters. The Bertz CT molecular complexity index is 1150. The molecule has 4 rings (SSSR count). The van der Waals surface area contributed by atoms with Crippen molar-refractivity contribution in [2.75, 3.05) is 0 Å². The van der Waals surface area contributed by atoms with Crippen LogP contribution in [0.5, 0.6) is 0 Å². The predicted molar refractivity (Wildman–Crippen MR) is 110 cm³/mol. The summed E-state index contributed by atoms with van der Waals surface area (Å²) in [4.78, 5) is 0. The second kappa shape index (κ2) is 6.99. The van der Waals surface area contributed by atoms with Gasteiger partial charge in [0, 0.05) is 17.1 Å². The van der Waals surface area contributed by atoms with Gasteiger partial charge in [-0.25, -0.2) is 0 Å². The third kappa shape index (κ3) is 3.19. The molecule has 0 bridgehead atoms. The number of nitriles is 1. The van der Waals surface area contributed by atoms with Crippen LogP contribution < -0.4 is 11.1 Å². The van der Waals surface area contributed by atoms with Crippen LogP contribution in [0.4, 0.5) is 0 Å². The topological polar surface area (TPSA) is 87.9 Å². The van der Waals surface area contributed by atoms with Crippen molar-refractivity contribution in [1.82, 2.24) is 10.5 Å². The van der Waals surface area contributed by atoms with Gasteiger partial charge in [-0.15, -0.1) is 0 Å². The fraction of sp³-hybridized carbons (Fsp3) is 0.217. The zero-order valence-corrected chi connectivity index (χ0v) is 16.0. The summed E-state index contributed by atoms with van der Waals surface area (Å²) in [6, 6.07) is 16.5. The van der Waals surface area contributed by atoms with Gasteiger partial charge in [0.2, 0.25) is 0 Å². The van der Waals surface area contributed by atoms with Crippen molar-refractivity contribution < 1.29 is 4.52 Å². The van der Waals surface area contributed by atoms with E-state index in [-0.39, 0.29) is 0 Å². The molecule has 28 heavy (non-hydrogen) atoms. The number of nitrogens with zero attached hydrogens (tertiary/aromatic N) is 2. The molecule has 1 aliphatic heterocycles. The second-order valence-corrected chi connectivity index (χ2v) is 7.31. The largest absolute Gasteiger partial charge is 0.358 e. The average molecular weight is 370 g/mol. The molecule has 1 unspecified atom stereocenters. The van der Waals surface area contributed by atoms with Crippen molar-refractivity contribution in [2.24, 2.45) is 5.73 Å². The maximum Gasteiger partial charge on any atom is 0.198 e. The number of rotatable bonds is 4. The Morgan fingerprint density at radius 2 is 2.00 bits per heavy atom. The average Bonchev–Trinajstić information content (AvgIpc) is 3.11. The van der Waals surface area contributed by atoms with Gasteiger partial charge in [-0.2, -0.15) is 5.26 Å². The third-order valence-corrected chi connectivity index (χ3v) is 5.18. The number of benzene rings is 2. The molecule has 0 saturated heterocycles. The number of aryl methyl sites for hydroxylation is 2. The first-order valence-corrected chi connectivity index (χ1v) is 9.30. The number of dihydropyridines is 1. The first-order valence-electron chi connectivity index (χ1n) is 9.30. The second-order valence-electron chi connectivity index (χ2n) is 7.31. The van der Waals surface area contributed by atoms with Crippen LogP contribution in [0.1, 0.15) is 24.5 Å². The quantitative estimate of drug-likeness (QED) is 0.713. The number of allylic oxidation sites excluding steroid dienone is 2. The molecule has 0 fully saturated rings. The summed E-state index contributed by atoms with van der Waals surface area (Å²) in [5, 5.41) is 17.9. The molecule has 3 N–H and O–H groups in total. The highest BCUT2D eigenvalue weighted by atomic mass is 16.5. The normalized spacial score (nSPS) is 18.9. The maximum absolute atomic E-state index is 9.52. The molecule has 5 heteroatoms. The number of aromatic nitrogens is 1. The lowest BCUT2D eigenvalue weighted by Crippen LogP contribution is -2.53. The van der Waals surface area contributed by atoms with E-state index in [1.165, 1.54) is 0 Å². The standard InChI is InChI=1S/C23H22N4O/c1-15-7-10-20-21(12-15)28-27-22(20)19-6-4-3-5-17(19)8-9-18-11-16(2)13-26-23(18,25)14-24/h3-7,10-13,26H,8-9,25H2,1-2H3. The van der Waals surface area contributed by atoms with Crippen LogP contribution in [0.3, 0.4) is 0 Å². The molecule has 3 aromatic rings. The molecule has 2 aromatic carbocycles. The van der Waals surface area contributed by atoms with E-state index in [1.807, 2.05) is 38.1 Å². The number of hydrogen-bond donors (Lipinski definition) is 2. The smallest absolute Gasteiger partial charge is 0.198 e. The summed E-state index contributed by atoms with van der Waals surface area (Å²) in [6.07, 6.45) is 5.20. The van der Waals surface area contributed by atoms with Gasteiger partial charge in [-0.3, -0.25) is 5.73 Å². The molecule has 2 heterocycles. The summed E-state index contributed by atoms with van der Waals surface area (Å²) in [7, 11) is 0. The van der Waals surface area contributed by atoms with Crippen molar-refractivity contribution in [1.29, 1.82) is 5.26 Å². The minimum atomic E-state index is -1.16. The molecular formula is C23H22N4O. The molecule has 0 spiro atoms. The van der Waals surface area contributed by atoms with Crippen molar-refractivity contribution in [3.05, 3.63) is 77.0 Å². The van der Waals surface area contributed by atoms with Gasteiger partial charge in [-0.1, -0.05) is 41.6 Å². The summed E-state index contributed by atoms with van der Waals surface area (Å²) in [5.41, 5.74) is 12.0. The summed E-state index contributed by atoms with van der Waals surface area (Å²) >= 11 is 0. The van der Waals surface area contributed by atoms with Crippen LogP contribution >= 0.6 is 0 Å². The first-order chi connectivity index (χ1) is 13.5. The Balaban J connectivity index is 1.67. The fourth-order valence-electron chi connectivity index (χ4n) is 3.60. The minimum absolute atomic E-state index is 0.675. The highest BCUT2D eigenvalue weighted by Gasteiger charge is 2.30. The lowest BCUT2D eigenvalue weighted by molar-refractivity contribution is 0.459. The van der Waals surface area contributed by atoms with E-state index in [4.69, 9.17) is 10.3 Å². The lowest BCUT2D eigenvalue weighted by atomic mass is 9.89. The number of nitrogens with two attached hydrogens (primary N) is 1. The van der Waals surface area contributed by atoms with Gasteiger partial charge in [0.15, 0.2) is 11.2 Å². The van der Waals surface area contributed by atoms with Crippen LogP contribution in [-0.2, 0) is 6.42 Å². The molecule has 140 valence electrons. The van der Waals surface area contributed by atoms with Crippen LogP contribution in [-0.4, -0.2) is 10.8 Å². The molecule has 0 aliphatic carbocycles. The summed E-state index contributed by atoms with van der Waals surface area (Å²) in [6.45, 7) is 4.02. The number of fused-ring (bicyclic) bond motifs is 1. The van der Waals surface area contributed by atoms with E-state index in [0.29, 0.717) is 6.42 Å². The molecule has 1 aliphatic rings. The monoisotopic (exact) mass is 370 g/mol. The van der Waals surface area contributed by atoms with E-state index in [2.05, 4.69) is 40.8 Å². The molecule has 0 amide bonds. The molecule has 1 aromatic heterocycles. The number of hydrogen-bond acceptors (Lipinski definition) is 5. The SMILES string of the molecule is CC1=CNC(N)(C#N)C(CCc2ccccc2-c2noc3cc(C)ccc23)=C1. The lowest BCUT2D eigenvalue weighted by Gasteiger charge is -2.29. The van der Waals surface area contributed by atoms with Crippen molar-refractivity contribution >= 4 is 11.0 Å². The van der Waals surface area contributed by atoms with E-state index < -0.39 is 5.66 Å². The zero-order chi connectivity index (χ0) is 19.7. The first kappa shape index (κ1) is 18.0. The Morgan fingerprint density at radius 1 is 1.18 bits per heavy atom. The Hall–Kier alpha value is -3.36.